The number of methoxy groups -OCH3 is 2. The van der Waals surface area contributed by atoms with Crippen LogP contribution in [0, 0.1) is 0 Å². The summed E-state index contributed by atoms with van der Waals surface area (Å²) in [6.45, 7) is -1.12. The first kappa shape index (κ1) is 19.9. The monoisotopic (exact) mass is 342 g/mol. The van der Waals surface area contributed by atoms with Gasteiger partial charge in [-0.05, 0) is 0 Å². The van der Waals surface area contributed by atoms with Crippen molar-refractivity contribution in [2.24, 2.45) is 10.7 Å². The van der Waals surface area contributed by atoms with Crippen molar-refractivity contribution in [2.45, 2.75) is 11.9 Å². The van der Waals surface area contributed by atoms with E-state index in [2.05, 4.69) is 10.5 Å². The average molecular weight is 342 g/mol. The largest absolute Gasteiger partial charge is 0.368 e. The molecule has 136 valence electrons. The highest BCUT2D eigenvalue weighted by atomic mass is 19.1. The Morgan fingerprint density at radius 2 is 1.83 bits per heavy atom. The Hall–Kier alpha value is -1.16. The molecule has 0 saturated heterocycles. The van der Waals surface area contributed by atoms with E-state index in [4.69, 9.17) is 34.6 Å². The fraction of sp³-hybridized carbons (Fsp3) is 0.900. The van der Waals surface area contributed by atoms with Gasteiger partial charge in [0.05, 0.1) is 28.4 Å². The van der Waals surface area contributed by atoms with Crippen LogP contribution < -0.4 is 11.2 Å². The van der Waals surface area contributed by atoms with Crippen LogP contribution in [0.3, 0.4) is 0 Å². The zero-order valence-electron chi connectivity index (χ0n) is 13.9. The maximum absolute atomic E-state index is 13.5. The van der Waals surface area contributed by atoms with E-state index in [1.54, 1.807) is 0 Å². The van der Waals surface area contributed by atoms with Crippen molar-refractivity contribution >= 4 is 5.96 Å². The van der Waals surface area contributed by atoms with Crippen LogP contribution >= 0.6 is 0 Å². The zero-order valence-corrected chi connectivity index (χ0v) is 13.9. The van der Waals surface area contributed by atoms with Crippen LogP contribution in [0.15, 0.2) is 4.99 Å². The van der Waals surface area contributed by atoms with Gasteiger partial charge in [0.15, 0.2) is 6.80 Å². The molecule has 0 bridgehead atoms. The Labute approximate surface area is 133 Å². The van der Waals surface area contributed by atoms with Crippen molar-refractivity contribution in [1.29, 1.82) is 0 Å². The van der Waals surface area contributed by atoms with Crippen LogP contribution in [0.4, 0.5) is 4.39 Å². The van der Waals surface area contributed by atoms with E-state index >= 15 is 0 Å². The van der Waals surface area contributed by atoms with Gasteiger partial charge in [-0.15, -0.1) is 5.48 Å². The Bertz CT molecular complexity index is 415. The van der Waals surface area contributed by atoms with Crippen LogP contribution in [0.5, 0.6) is 0 Å². The molecular formula is C10H23FN6O6. The second kappa shape index (κ2) is 8.09. The lowest BCUT2D eigenvalue weighted by Gasteiger charge is -2.55. The summed E-state index contributed by atoms with van der Waals surface area (Å²) in [6.07, 6.45) is 0. The summed E-state index contributed by atoms with van der Waals surface area (Å²) in [5.74, 6) is -4.05. The highest BCUT2D eigenvalue weighted by Crippen LogP contribution is 2.37. The van der Waals surface area contributed by atoms with E-state index < -0.39 is 18.7 Å². The average Bonchev–Trinajstić information content (AvgIpc) is 2.55. The fourth-order valence-corrected chi connectivity index (χ4v) is 2.21. The third-order valence-electron chi connectivity index (χ3n) is 3.09. The number of hydrogen-bond acceptors (Lipinski definition) is 12. The van der Waals surface area contributed by atoms with Gasteiger partial charge in [-0.3, -0.25) is 19.4 Å². The number of nitrogens with zero attached hydrogens (tertiary/aromatic N) is 4. The van der Waals surface area contributed by atoms with Gasteiger partial charge in [0.2, 0.25) is 5.96 Å². The lowest BCUT2D eigenvalue weighted by atomic mass is 10.4. The van der Waals surface area contributed by atoms with Crippen molar-refractivity contribution < 1.29 is 33.2 Å². The van der Waals surface area contributed by atoms with Gasteiger partial charge < -0.3 is 15.2 Å². The van der Waals surface area contributed by atoms with Gasteiger partial charge in [-0.25, -0.2) is 4.39 Å². The van der Waals surface area contributed by atoms with Gasteiger partial charge in [0.25, 0.3) is 0 Å². The Morgan fingerprint density at radius 1 is 1.17 bits per heavy atom. The number of rotatable bonds is 9. The molecule has 1 aliphatic rings. The summed E-state index contributed by atoms with van der Waals surface area (Å²) in [5.41, 5.74) is 8.35. The molecule has 12 nitrogen and oxygen atoms in total. The third-order valence-corrected chi connectivity index (χ3v) is 3.09. The lowest BCUT2D eigenvalue weighted by molar-refractivity contribution is -0.541. The highest BCUT2D eigenvalue weighted by Gasteiger charge is 2.64. The third kappa shape index (κ3) is 2.98. The molecule has 2 unspecified atom stereocenters. The quantitative estimate of drug-likeness (QED) is 0.290. The summed E-state index contributed by atoms with van der Waals surface area (Å²) in [5, 5.41) is 2.62. The zero-order chi connectivity index (χ0) is 17.7. The molecule has 23 heavy (non-hydrogen) atoms. The van der Waals surface area contributed by atoms with Crippen LogP contribution in [-0.4, -0.2) is 82.6 Å². The molecule has 0 saturated carbocycles. The number of aliphatic imine (C=N–C) groups is 1. The maximum Gasteiger partial charge on any atom is 0.343 e. The van der Waals surface area contributed by atoms with E-state index in [0.717, 1.165) is 15.2 Å². The number of nitrogens with two attached hydrogens (primary N) is 1. The number of alkyl halides is 1. The van der Waals surface area contributed by atoms with Crippen LogP contribution in [-0.2, 0) is 28.8 Å². The predicted molar refractivity (Wildman–Crippen MR) is 73.8 cm³/mol. The Balaban J connectivity index is 3.63. The summed E-state index contributed by atoms with van der Waals surface area (Å²) < 4.78 is 24.3. The van der Waals surface area contributed by atoms with Crippen LogP contribution in [0.2, 0.25) is 0 Å². The molecule has 0 amide bonds. The molecule has 1 heterocycles. The van der Waals surface area contributed by atoms with Crippen molar-refractivity contribution in [1.82, 2.24) is 20.7 Å². The molecule has 2 atom stereocenters. The smallest absolute Gasteiger partial charge is 0.343 e. The predicted octanol–water partition coefficient (Wildman–Crippen LogP) is -1.50. The molecule has 0 aromatic heterocycles. The second-order valence-corrected chi connectivity index (χ2v) is 4.00. The molecule has 0 spiro atoms. The number of nitrogens with one attached hydrogen (secondary N) is 1. The summed E-state index contributed by atoms with van der Waals surface area (Å²) >= 11 is 0. The van der Waals surface area contributed by atoms with E-state index in [-0.39, 0.29) is 5.96 Å². The molecule has 0 aromatic carbocycles. The number of hydroxylamine groups is 7. The van der Waals surface area contributed by atoms with Gasteiger partial charge in [0.1, 0.15) is 0 Å². The lowest BCUT2D eigenvalue weighted by Crippen LogP contribution is -2.81. The van der Waals surface area contributed by atoms with Gasteiger partial charge in [0, 0.05) is 14.2 Å². The minimum atomic E-state index is -1.99. The first-order valence-corrected chi connectivity index (χ1v) is 6.30. The standard InChI is InChI=1S/C10H23FN6O6/c1-18-9(14-20-3)13-8(12)16(22-5)10(19-2,17(9)23-6)15(7-11)21-4/h14H,7H2,1-6H3,(H2,12,13). The molecule has 1 aliphatic heterocycles. The minimum absolute atomic E-state index is 0.232. The number of hydrogen-bond donors (Lipinski definition) is 2. The number of halogens is 1. The summed E-state index contributed by atoms with van der Waals surface area (Å²) in [7, 11) is 7.65. The van der Waals surface area contributed by atoms with Gasteiger partial charge >= 0.3 is 11.9 Å². The molecule has 0 fully saturated rings. The Morgan fingerprint density at radius 3 is 2.17 bits per heavy atom. The fourth-order valence-electron chi connectivity index (χ4n) is 2.21. The van der Waals surface area contributed by atoms with E-state index in [0.29, 0.717) is 0 Å². The number of ether oxygens (including phenoxy) is 2. The topological polar surface area (TPSA) is 116 Å². The van der Waals surface area contributed by atoms with E-state index in [9.17, 15) is 4.39 Å². The van der Waals surface area contributed by atoms with E-state index in [1.807, 2.05) is 0 Å². The van der Waals surface area contributed by atoms with Crippen molar-refractivity contribution in [3.8, 4) is 0 Å². The first-order valence-electron chi connectivity index (χ1n) is 6.30. The molecule has 1 rings (SSSR count). The van der Waals surface area contributed by atoms with Crippen molar-refractivity contribution in [3.05, 3.63) is 0 Å². The van der Waals surface area contributed by atoms with Crippen molar-refractivity contribution in [2.75, 3.05) is 49.5 Å². The maximum atomic E-state index is 13.5. The molecule has 3 N–H and O–H groups in total. The van der Waals surface area contributed by atoms with Gasteiger partial charge in [-0.2, -0.15) is 10.1 Å². The highest BCUT2D eigenvalue weighted by molar-refractivity contribution is 5.78. The van der Waals surface area contributed by atoms with E-state index in [1.165, 1.54) is 42.7 Å². The first-order chi connectivity index (χ1) is 11.0. The molecule has 0 aliphatic carbocycles. The molecule has 13 heteroatoms. The molecular weight excluding hydrogens is 319 g/mol. The summed E-state index contributed by atoms with van der Waals surface area (Å²) in [6, 6.07) is 0. The molecule has 0 aromatic rings. The normalized spacial score (nSPS) is 29.2. The number of guanidine groups is 1. The minimum Gasteiger partial charge on any atom is -0.368 e. The second-order valence-electron chi connectivity index (χ2n) is 4.00. The van der Waals surface area contributed by atoms with Crippen molar-refractivity contribution in [3.63, 3.8) is 0 Å². The SMILES string of the molecule is CONC1(OC)N=C(N)N(OC)C(OC)(N(CF)OC)N1OC. The van der Waals surface area contributed by atoms with Gasteiger partial charge in [-0.1, -0.05) is 10.1 Å². The molecule has 0 radical (unpaired) electrons. The van der Waals surface area contributed by atoms with Crippen LogP contribution in [0.1, 0.15) is 0 Å². The van der Waals surface area contributed by atoms with Crippen LogP contribution in [0.25, 0.3) is 0 Å². The summed E-state index contributed by atoms with van der Waals surface area (Å²) in [4.78, 5) is 24.4. The Kier molecular flexibility index (Phi) is 7.00.